The van der Waals surface area contributed by atoms with Crippen LogP contribution in [0.2, 0.25) is 0 Å². The number of nitrogens with two attached hydrogens (primary N) is 1. The zero-order valence-corrected chi connectivity index (χ0v) is 24.0. The first-order valence-corrected chi connectivity index (χ1v) is 13.0. The molecule has 0 aliphatic rings. The maximum absolute atomic E-state index is 12.6. The molecule has 10 nitrogen and oxygen atoms in total. The van der Waals surface area contributed by atoms with E-state index in [1.54, 1.807) is 54.5 Å². The third-order valence-electron chi connectivity index (χ3n) is 5.85. The number of esters is 3. The summed E-state index contributed by atoms with van der Waals surface area (Å²) in [5.74, 6) is -2.14. The average molecular weight is 538 g/mol. The van der Waals surface area contributed by atoms with Gasteiger partial charge < -0.3 is 29.4 Å². The van der Waals surface area contributed by atoms with Crippen LogP contribution in [0.15, 0.2) is 18.2 Å². The molecule has 0 radical (unpaired) electrons. The van der Waals surface area contributed by atoms with Crippen LogP contribution in [0.1, 0.15) is 80.7 Å². The normalized spacial score (nSPS) is 15.3. The second-order valence-electron chi connectivity index (χ2n) is 10.5. The maximum atomic E-state index is 12.6. The molecule has 1 aromatic carbocycles. The Morgan fingerprint density at radius 2 is 1.29 bits per heavy atom. The first-order chi connectivity index (χ1) is 17.6. The molecule has 0 aliphatic heterocycles. The number of benzene rings is 1. The summed E-state index contributed by atoms with van der Waals surface area (Å²) < 4.78 is 26.7. The Morgan fingerprint density at radius 3 is 1.79 bits per heavy atom. The van der Waals surface area contributed by atoms with Gasteiger partial charge in [0.15, 0.2) is 11.5 Å². The second kappa shape index (κ2) is 14.7. The molecule has 0 bridgehead atoms. The number of hydrogen-bond donors (Lipinski definition) is 1. The van der Waals surface area contributed by atoms with Gasteiger partial charge in [0.05, 0.1) is 11.8 Å². The first kappa shape index (κ1) is 32.9. The zero-order chi connectivity index (χ0) is 29.2. The molecule has 10 heteroatoms. The van der Waals surface area contributed by atoms with Gasteiger partial charge in [-0.15, -0.1) is 0 Å². The molecule has 1 rings (SSSR count). The lowest BCUT2D eigenvalue weighted by molar-refractivity contribution is -0.156. The van der Waals surface area contributed by atoms with E-state index in [1.165, 1.54) is 12.1 Å². The van der Waals surface area contributed by atoms with E-state index < -0.39 is 47.9 Å². The Morgan fingerprint density at radius 1 is 0.789 bits per heavy atom. The summed E-state index contributed by atoms with van der Waals surface area (Å²) in [4.78, 5) is 49.3. The van der Waals surface area contributed by atoms with E-state index in [4.69, 9.17) is 29.4 Å². The highest BCUT2D eigenvalue weighted by molar-refractivity contribution is 5.79. The maximum Gasteiger partial charge on any atom is 0.509 e. The fourth-order valence-corrected chi connectivity index (χ4v) is 2.82. The van der Waals surface area contributed by atoms with Gasteiger partial charge in [-0.1, -0.05) is 33.8 Å². The number of rotatable bonds is 12. The van der Waals surface area contributed by atoms with Crippen molar-refractivity contribution in [2.75, 3.05) is 0 Å². The molecule has 38 heavy (non-hydrogen) atoms. The molecule has 214 valence electrons. The van der Waals surface area contributed by atoms with E-state index in [0.29, 0.717) is 18.4 Å². The van der Waals surface area contributed by atoms with Crippen LogP contribution in [0.25, 0.3) is 0 Å². The molecule has 0 aromatic heterocycles. The summed E-state index contributed by atoms with van der Waals surface area (Å²) in [6.45, 7) is 15.5. The van der Waals surface area contributed by atoms with E-state index in [-0.39, 0.29) is 29.8 Å². The Labute approximate surface area is 225 Å². The van der Waals surface area contributed by atoms with Crippen LogP contribution < -0.4 is 15.2 Å². The van der Waals surface area contributed by atoms with Crippen molar-refractivity contribution < 1.29 is 42.9 Å². The summed E-state index contributed by atoms with van der Waals surface area (Å²) in [6.07, 6.45) is -1.20. The Kier molecular flexibility index (Phi) is 12.7. The number of carbonyl (C=O) groups is 4. The summed E-state index contributed by atoms with van der Waals surface area (Å²) >= 11 is 0. The van der Waals surface area contributed by atoms with Gasteiger partial charge in [0.1, 0.15) is 23.9 Å². The molecule has 0 spiro atoms. The van der Waals surface area contributed by atoms with Crippen LogP contribution in [0, 0.1) is 11.8 Å². The summed E-state index contributed by atoms with van der Waals surface area (Å²) in [7, 11) is 0. The van der Waals surface area contributed by atoms with Gasteiger partial charge in [0, 0.05) is 0 Å². The SMILES string of the molecule is CCC(C)C(=O)Oc1ccc(C[C@H](N)C(=O)O[C@@H](C)[C@H](C)OC(=O)OC(C)(C)C)cc1OC(=O)C(C)CC. The van der Waals surface area contributed by atoms with Crippen molar-refractivity contribution >= 4 is 24.1 Å². The predicted octanol–water partition coefficient (Wildman–Crippen LogP) is 4.73. The molecule has 0 saturated carbocycles. The minimum absolute atomic E-state index is 0.0559. The predicted molar refractivity (Wildman–Crippen MR) is 141 cm³/mol. The minimum Gasteiger partial charge on any atom is -0.458 e. The zero-order valence-electron chi connectivity index (χ0n) is 24.0. The Balaban J connectivity index is 2.94. The summed E-state index contributed by atoms with van der Waals surface area (Å²) in [5.41, 5.74) is 5.93. The molecule has 2 unspecified atom stereocenters. The number of hydrogen-bond acceptors (Lipinski definition) is 10. The van der Waals surface area contributed by atoms with Crippen LogP contribution in [0.3, 0.4) is 0 Å². The van der Waals surface area contributed by atoms with Crippen molar-refractivity contribution in [3.05, 3.63) is 23.8 Å². The lowest BCUT2D eigenvalue weighted by Crippen LogP contribution is -2.40. The molecular weight excluding hydrogens is 494 g/mol. The number of carbonyl (C=O) groups excluding carboxylic acids is 4. The third kappa shape index (κ3) is 11.1. The van der Waals surface area contributed by atoms with Crippen molar-refractivity contribution in [3.63, 3.8) is 0 Å². The van der Waals surface area contributed by atoms with Gasteiger partial charge in [0.2, 0.25) is 0 Å². The van der Waals surface area contributed by atoms with E-state index in [9.17, 15) is 19.2 Å². The fraction of sp³-hybridized carbons (Fsp3) is 0.643. The van der Waals surface area contributed by atoms with E-state index in [1.807, 2.05) is 13.8 Å². The fourth-order valence-electron chi connectivity index (χ4n) is 2.82. The van der Waals surface area contributed by atoms with Gasteiger partial charge in [0.25, 0.3) is 0 Å². The molecule has 5 atom stereocenters. The van der Waals surface area contributed by atoms with Crippen molar-refractivity contribution in [1.82, 2.24) is 0 Å². The number of ether oxygens (including phenoxy) is 5. The van der Waals surface area contributed by atoms with Crippen LogP contribution in [-0.2, 0) is 35.0 Å². The highest BCUT2D eigenvalue weighted by Crippen LogP contribution is 2.31. The molecule has 1 aromatic rings. The lowest BCUT2D eigenvalue weighted by Gasteiger charge is -2.24. The average Bonchev–Trinajstić information content (AvgIpc) is 2.82. The molecule has 0 amide bonds. The highest BCUT2D eigenvalue weighted by atomic mass is 16.7. The molecule has 2 N–H and O–H groups in total. The second-order valence-corrected chi connectivity index (χ2v) is 10.5. The van der Waals surface area contributed by atoms with Crippen molar-refractivity contribution in [1.29, 1.82) is 0 Å². The first-order valence-electron chi connectivity index (χ1n) is 13.0. The van der Waals surface area contributed by atoms with Gasteiger partial charge in [-0.3, -0.25) is 14.4 Å². The van der Waals surface area contributed by atoms with Crippen LogP contribution in [0.4, 0.5) is 4.79 Å². The van der Waals surface area contributed by atoms with E-state index in [2.05, 4.69) is 0 Å². The summed E-state index contributed by atoms with van der Waals surface area (Å²) in [6, 6.07) is 3.60. The molecule has 0 saturated heterocycles. The summed E-state index contributed by atoms with van der Waals surface area (Å²) in [5, 5.41) is 0. The van der Waals surface area contributed by atoms with Crippen molar-refractivity contribution in [2.24, 2.45) is 17.6 Å². The van der Waals surface area contributed by atoms with Gasteiger partial charge in [-0.05, 0) is 71.6 Å². The largest absolute Gasteiger partial charge is 0.509 e. The van der Waals surface area contributed by atoms with Crippen molar-refractivity contribution in [2.45, 2.75) is 105 Å². The quantitative estimate of drug-likeness (QED) is 0.294. The van der Waals surface area contributed by atoms with Gasteiger partial charge >= 0.3 is 24.1 Å². The molecule has 0 aliphatic carbocycles. The van der Waals surface area contributed by atoms with Crippen LogP contribution in [-0.4, -0.2) is 47.9 Å². The monoisotopic (exact) mass is 537 g/mol. The van der Waals surface area contributed by atoms with Gasteiger partial charge in [-0.25, -0.2) is 4.79 Å². The standard InChI is InChI=1S/C28H43NO9/c1-10-16(3)24(30)36-22-13-12-20(15-23(22)37-25(31)17(4)11-2)14-21(29)26(32)34-18(5)19(6)35-27(33)38-28(7,8)9/h12-13,15-19,21H,10-11,14,29H2,1-9H3/t16?,17?,18-,19-,21-/m0/s1. The molecular formula is C28H43NO9. The Bertz CT molecular complexity index is 970. The van der Waals surface area contributed by atoms with E-state index in [0.717, 1.165) is 0 Å². The topological polar surface area (TPSA) is 140 Å². The minimum atomic E-state index is -1.06. The van der Waals surface area contributed by atoms with E-state index >= 15 is 0 Å². The smallest absolute Gasteiger partial charge is 0.458 e. The third-order valence-corrected chi connectivity index (χ3v) is 5.85. The highest BCUT2D eigenvalue weighted by Gasteiger charge is 2.27. The van der Waals surface area contributed by atoms with Gasteiger partial charge in [-0.2, -0.15) is 0 Å². The molecule has 0 heterocycles. The van der Waals surface area contributed by atoms with Crippen LogP contribution >= 0.6 is 0 Å². The van der Waals surface area contributed by atoms with Crippen molar-refractivity contribution in [3.8, 4) is 11.5 Å². The molecule has 0 fully saturated rings. The lowest BCUT2D eigenvalue weighted by atomic mass is 10.1. The van der Waals surface area contributed by atoms with Crippen LogP contribution in [0.5, 0.6) is 11.5 Å². The Hall–Kier alpha value is -3.14.